The zero-order valence-electron chi connectivity index (χ0n) is 23.8. The van der Waals surface area contributed by atoms with Crippen molar-refractivity contribution in [3.63, 3.8) is 0 Å². The summed E-state index contributed by atoms with van der Waals surface area (Å²) in [5.74, 6) is -1.41. The lowest BCUT2D eigenvalue weighted by molar-refractivity contribution is -0.174. The molecule has 0 amide bonds. The Labute approximate surface area is 251 Å². The Bertz CT molecular complexity index is 1610. The van der Waals surface area contributed by atoms with Gasteiger partial charge in [-0.2, -0.15) is 9.49 Å². The maximum atomic E-state index is 13.6. The Balaban J connectivity index is 1.23. The molecule has 0 bridgehead atoms. The third kappa shape index (κ3) is 4.08. The van der Waals surface area contributed by atoms with Crippen LogP contribution in [-0.4, -0.2) is 53.7 Å². The van der Waals surface area contributed by atoms with E-state index in [9.17, 15) is 23.5 Å². The number of oxazole rings is 1. The fourth-order valence-electron chi connectivity index (χ4n) is 9.11. The van der Waals surface area contributed by atoms with E-state index < -0.39 is 40.2 Å². The highest BCUT2D eigenvalue weighted by molar-refractivity contribution is 8.13. The van der Waals surface area contributed by atoms with Crippen molar-refractivity contribution in [1.29, 1.82) is 0 Å². The molecule has 0 saturated heterocycles. The monoisotopic (exact) mass is 610 g/mol. The molecule has 0 aromatic carbocycles. The lowest BCUT2D eigenvalue weighted by Crippen LogP contribution is -2.62. The molecule has 4 aliphatic rings. The van der Waals surface area contributed by atoms with Crippen LogP contribution in [0.15, 0.2) is 47.2 Å². The number of thioether (sulfide) groups is 1. The van der Waals surface area contributed by atoms with E-state index in [1.165, 1.54) is 17.8 Å². The van der Waals surface area contributed by atoms with Crippen LogP contribution in [-0.2, 0) is 16.0 Å². The molecule has 3 saturated carbocycles. The number of rotatable bonds is 5. The number of pyridine rings is 1. The zero-order valence-corrected chi connectivity index (χ0v) is 24.7. The van der Waals surface area contributed by atoms with Gasteiger partial charge in [0.15, 0.2) is 17.7 Å². The van der Waals surface area contributed by atoms with Gasteiger partial charge in [-0.05, 0) is 97.2 Å². The molecule has 226 valence electrons. The lowest BCUT2D eigenvalue weighted by atomic mass is 9.45. The number of aromatic nitrogens is 4. The second-order valence-corrected chi connectivity index (χ2v) is 13.6. The van der Waals surface area contributed by atoms with Crippen LogP contribution in [0.1, 0.15) is 67.7 Å². The largest absolute Gasteiger partial charge is 0.451 e. The smallest absolute Gasteiger partial charge is 0.361 e. The van der Waals surface area contributed by atoms with Gasteiger partial charge in [0.1, 0.15) is 12.3 Å². The molecule has 12 heteroatoms. The van der Waals surface area contributed by atoms with Crippen molar-refractivity contribution in [3.05, 3.63) is 65.7 Å². The second-order valence-electron chi connectivity index (χ2n) is 12.8. The Morgan fingerprint density at radius 3 is 2.79 bits per heavy atom. The van der Waals surface area contributed by atoms with Crippen molar-refractivity contribution in [1.82, 2.24) is 19.7 Å². The number of carbonyl (C=O) groups excluding carboxylic acids is 2. The first-order chi connectivity index (χ1) is 20.6. The number of halogens is 2. The Kier molecular flexibility index (Phi) is 6.66. The highest BCUT2D eigenvalue weighted by Gasteiger charge is 2.70. The van der Waals surface area contributed by atoms with Gasteiger partial charge in [-0.15, -0.1) is 0 Å². The summed E-state index contributed by atoms with van der Waals surface area (Å²) in [6.45, 7) is 4.13. The van der Waals surface area contributed by atoms with Crippen LogP contribution in [0, 0.1) is 34.5 Å². The number of fused-ring (bicyclic) bond motifs is 6. The number of esters is 1. The van der Waals surface area contributed by atoms with E-state index in [2.05, 4.69) is 28.1 Å². The summed E-state index contributed by atoms with van der Waals surface area (Å²) in [7, 11) is 0. The molecule has 9 nitrogen and oxygen atoms in total. The number of carbonyl (C=O) groups is 2. The normalized spacial score (nSPS) is 34.4. The van der Waals surface area contributed by atoms with Crippen LogP contribution >= 0.6 is 11.8 Å². The van der Waals surface area contributed by atoms with Gasteiger partial charge in [0.2, 0.25) is 11.1 Å². The molecule has 0 spiro atoms. The topological polar surface area (TPSA) is 120 Å². The number of hydrogen-bond acceptors (Lipinski definition) is 9. The van der Waals surface area contributed by atoms with Crippen molar-refractivity contribution in [2.24, 2.45) is 28.6 Å². The predicted molar refractivity (Wildman–Crippen MR) is 152 cm³/mol. The molecule has 3 heterocycles. The molecule has 0 unspecified atom stereocenters. The van der Waals surface area contributed by atoms with E-state index in [4.69, 9.17) is 9.15 Å². The van der Waals surface area contributed by atoms with Crippen molar-refractivity contribution in [2.45, 2.75) is 64.1 Å². The number of aliphatic hydroxyl groups excluding tert-OH is 1. The fraction of sp³-hybridized carbons (Fsp3) is 0.516. The van der Waals surface area contributed by atoms with E-state index in [0.29, 0.717) is 30.3 Å². The maximum Gasteiger partial charge on any atom is 0.361 e. The summed E-state index contributed by atoms with van der Waals surface area (Å²) in [6, 6.07) is 2.02. The quantitative estimate of drug-likeness (QED) is 0.302. The number of aliphatic hydroxyl groups is 1. The van der Waals surface area contributed by atoms with Crippen LogP contribution in [0.4, 0.5) is 8.78 Å². The third-order valence-electron chi connectivity index (χ3n) is 10.9. The van der Waals surface area contributed by atoms with Gasteiger partial charge in [0.25, 0.3) is 0 Å². The summed E-state index contributed by atoms with van der Waals surface area (Å²) in [6.07, 6.45) is 10.3. The number of ether oxygens (including phenoxy) is 1. The molecule has 7 atom stereocenters. The fourth-order valence-corrected chi connectivity index (χ4v) is 9.82. The van der Waals surface area contributed by atoms with Crippen LogP contribution in [0.2, 0.25) is 0 Å². The van der Waals surface area contributed by atoms with Crippen LogP contribution in [0.25, 0.3) is 11.8 Å². The molecular formula is C31H32F2N4O5S. The summed E-state index contributed by atoms with van der Waals surface area (Å²) in [5.41, 5.74) is 0.952. The van der Waals surface area contributed by atoms with Gasteiger partial charge in [-0.3, -0.25) is 4.79 Å². The minimum Gasteiger partial charge on any atom is -0.451 e. The van der Waals surface area contributed by atoms with Crippen LogP contribution in [0.5, 0.6) is 0 Å². The van der Waals surface area contributed by atoms with Gasteiger partial charge in [0.05, 0.1) is 29.9 Å². The molecule has 43 heavy (non-hydrogen) atoms. The maximum absolute atomic E-state index is 13.6. The van der Waals surface area contributed by atoms with E-state index >= 15 is 0 Å². The van der Waals surface area contributed by atoms with Crippen molar-refractivity contribution >= 4 is 28.9 Å². The molecule has 4 aliphatic carbocycles. The average molecular weight is 611 g/mol. The molecule has 3 aromatic heterocycles. The van der Waals surface area contributed by atoms with Gasteiger partial charge < -0.3 is 14.3 Å². The van der Waals surface area contributed by atoms with Gasteiger partial charge >= 0.3 is 5.97 Å². The SMILES string of the molecule is C[C@]12Cc3cnn(-c4ccc(F)nc4)c3C=C1CC[C@@H]1[C@@H]2[C@@H](O)C[C@@]2(C)[C@H]1CC[C@]2(OC(=O)c1cocn1)C(=O)SCF. The number of alkyl halides is 1. The zero-order chi connectivity index (χ0) is 30.1. The Morgan fingerprint density at radius 1 is 1.23 bits per heavy atom. The van der Waals surface area contributed by atoms with Gasteiger partial charge in [-0.25, -0.2) is 23.8 Å². The summed E-state index contributed by atoms with van der Waals surface area (Å²) < 4.78 is 39.8. The predicted octanol–water partition coefficient (Wildman–Crippen LogP) is 5.33. The summed E-state index contributed by atoms with van der Waals surface area (Å²) in [4.78, 5) is 34.4. The average Bonchev–Trinajstić information content (AvgIpc) is 3.71. The number of allylic oxidation sites excluding steroid dienone is 1. The van der Waals surface area contributed by atoms with E-state index in [-0.39, 0.29) is 41.7 Å². The Morgan fingerprint density at radius 2 is 2.07 bits per heavy atom. The molecule has 0 aliphatic heterocycles. The van der Waals surface area contributed by atoms with Gasteiger partial charge in [0, 0.05) is 5.41 Å². The number of hydrogen-bond donors (Lipinski definition) is 1. The second kappa shape index (κ2) is 10.1. The first kappa shape index (κ1) is 28.4. The molecule has 7 rings (SSSR count). The highest BCUT2D eigenvalue weighted by Crippen LogP contribution is 2.69. The minimum atomic E-state index is -1.60. The van der Waals surface area contributed by atoms with Crippen LogP contribution in [0.3, 0.4) is 0 Å². The molecule has 3 fully saturated rings. The number of nitrogens with zero attached hydrogens (tertiary/aromatic N) is 4. The van der Waals surface area contributed by atoms with E-state index in [1.54, 1.807) is 10.7 Å². The van der Waals surface area contributed by atoms with Gasteiger partial charge in [-0.1, -0.05) is 19.4 Å². The van der Waals surface area contributed by atoms with Crippen molar-refractivity contribution in [2.75, 3.05) is 6.01 Å². The first-order valence-corrected chi connectivity index (χ1v) is 15.5. The lowest BCUT2D eigenvalue weighted by Gasteiger charge is -2.60. The molecule has 1 N–H and O–H groups in total. The van der Waals surface area contributed by atoms with Crippen LogP contribution < -0.4 is 0 Å². The van der Waals surface area contributed by atoms with E-state index in [0.717, 1.165) is 36.8 Å². The molecule has 3 aromatic rings. The summed E-state index contributed by atoms with van der Waals surface area (Å²) >= 11 is 0.511. The summed E-state index contributed by atoms with van der Waals surface area (Å²) in [5, 5.41) is 16.1. The van der Waals surface area contributed by atoms with Crippen molar-refractivity contribution < 1.29 is 32.6 Å². The van der Waals surface area contributed by atoms with Crippen molar-refractivity contribution in [3.8, 4) is 5.69 Å². The standard InChI is InChI=1S/C31H32F2N4O5S/c1-29-10-17-12-36-37(19-4-6-25(33)34-13-19)23(17)9-18(29)3-5-20-21-7-8-31(28(40)43-15-32,30(21,2)11-24(38)26(20)29)42-27(39)22-14-41-16-35-22/h4,6,9,12-14,16,20-21,24,26,38H,3,5,7-8,10-11,15H2,1-2H3/t20-,21-,24-,26+,29-,30-,31-/m0/s1. The molecular weight excluding hydrogens is 578 g/mol. The molecule has 0 radical (unpaired) electrons. The third-order valence-corrected chi connectivity index (χ3v) is 11.6. The Hall–Kier alpha value is -3.38. The first-order valence-electron chi connectivity index (χ1n) is 14.5. The van der Waals surface area contributed by atoms with E-state index in [1.807, 2.05) is 13.1 Å². The highest BCUT2D eigenvalue weighted by atomic mass is 32.2. The minimum absolute atomic E-state index is 0.0250.